The number of hydrogen-bond acceptors (Lipinski definition) is 6. The SMILES string of the molecule is COc1ccc(C(=O)Oc2ccc(C(C)=O)cc2)cc1S(=O)(=O)N1CCCC1. The third-order valence-electron chi connectivity index (χ3n) is 4.55. The zero-order chi connectivity index (χ0) is 20.3. The number of methoxy groups -OCH3 is 1. The van der Waals surface area contributed by atoms with Crippen LogP contribution in [0.15, 0.2) is 47.4 Å². The Morgan fingerprint density at radius 2 is 1.57 bits per heavy atom. The molecule has 3 rings (SSSR count). The van der Waals surface area contributed by atoms with E-state index in [1.54, 1.807) is 12.1 Å². The van der Waals surface area contributed by atoms with Gasteiger partial charge in [0.1, 0.15) is 16.4 Å². The van der Waals surface area contributed by atoms with Gasteiger partial charge < -0.3 is 9.47 Å². The molecule has 0 saturated carbocycles. The zero-order valence-electron chi connectivity index (χ0n) is 15.7. The molecule has 1 aliphatic heterocycles. The Hall–Kier alpha value is -2.71. The van der Waals surface area contributed by atoms with Gasteiger partial charge in [0.25, 0.3) is 0 Å². The normalized spacial score (nSPS) is 14.6. The molecule has 1 aliphatic rings. The minimum atomic E-state index is -3.76. The second-order valence-corrected chi connectivity index (χ2v) is 8.35. The van der Waals surface area contributed by atoms with Crippen LogP contribution in [0.1, 0.15) is 40.5 Å². The molecule has 1 fully saturated rings. The van der Waals surface area contributed by atoms with Crippen molar-refractivity contribution in [3.63, 3.8) is 0 Å². The van der Waals surface area contributed by atoms with E-state index in [4.69, 9.17) is 9.47 Å². The number of ether oxygens (including phenoxy) is 2. The van der Waals surface area contributed by atoms with Crippen molar-refractivity contribution in [2.45, 2.75) is 24.7 Å². The maximum absolute atomic E-state index is 12.9. The summed E-state index contributed by atoms with van der Waals surface area (Å²) in [5.74, 6) is -0.357. The lowest BCUT2D eigenvalue weighted by atomic mass is 10.1. The first kappa shape index (κ1) is 20.0. The summed E-state index contributed by atoms with van der Waals surface area (Å²) in [5, 5.41) is 0. The summed E-state index contributed by atoms with van der Waals surface area (Å²) in [5.41, 5.74) is 0.595. The number of carbonyl (C=O) groups is 2. The van der Waals surface area contributed by atoms with Crippen LogP contribution in [0.4, 0.5) is 0 Å². The Morgan fingerprint density at radius 1 is 0.964 bits per heavy atom. The summed E-state index contributed by atoms with van der Waals surface area (Å²) < 4.78 is 37.7. The Morgan fingerprint density at radius 3 is 2.14 bits per heavy atom. The van der Waals surface area contributed by atoms with Crippen molar-refractivity contribution in [1.29, 1.82) is 0 Å². The van der Waals surface area contributed by atoms with Crippen LogP contribution in [0.3, 0.4) is 0 Å². The quantitative estimate of drug-likeness (QED) is 0.419. The molecule has 8 heteroatoms. The molecule has 0 radical (unpaired) electrons. The van der Waals surface area contributed by atoms with Crippen molar-refractivity contribution in [3.8, 4) is 11.5 Å². The number of ketones is 1. The van der Waals surface area contributed by atoms with Crippen LogP contribution >= 0.6 is 0 Å². The van der Waals surface area contributed by atoms with Crippen molar-refractivity contribution in [2.24, 2.45) is 0 Å². The maximum atomic E-state index is 12.9. The van der Waals surface area contributed by atoms with Crippen molar-refractivity contribution < 1.29 is 27.5 Å². The van der Waals surface area contributed by atoms with Crippen LogP contribution in [-0.4, -0.2) is 44.7 Å². The number of hydrogen-bond donors (Lipinski definition) is 0. The molecule has 2 aromatic carbocycles. The molecule has 0 spiro atoms. The highest BCUT2D eigenvalue weighted by molar-refractivity contribution is 7.89. The van der Waals surface area contributed by atoms with Crippen LogP contribution in [0.5, 0.6) is 11.5 Å². The van der Waals surface area contributed by atoms with E-state index in [1.807, 2.05) is 0 Å². The Bertz CT molecular complexity index is 992. The monoisotopic (exact) mass is 403 g/mol. The van der Waals surface area contributed by atoms with Crippen LogP contribution in [0.2, 0.25) is 0 Å². The van der Waals surface area contributed by atoms with Crippen LogP contribution < -0.4 is 9.47 Å². The van der Waals surface area contributed by atoms with E-state index < -0.39 is 16.0 Å². The zero-order valence-corrected chi connectivity index (χ0v) is 16.5. The highest BCUT2D eigenvalue weighted by atomic mass is 32.2. The third kappa shape index (κ3) is 4.07. The first-order valence-electron chi connectivity index (χ1n) is 8.84. The fraction of sp³-hybridized carbons (Fsp3) is 0.300. The van der Waals surface area contributed by atoms with E-state index >= 15 is 0 Å². The van der Waals surface area contributed by atoms with Crippen molar-refractivity contribution in [3.05, 3.63) is 53.6 Å². The molecular formula is C20H21NO6S. The topological polar surface area (TPSA) is 90.0 Å². The molecule has 2 aromatic rings. The minimum absolute atomic E-state index is 0.0572. The summed E-state index contributed by atoms with van der Waals surface area (Å²) >= 11 is 0. The molecule has 1 saturated heterocycles. The van der Waals surface area contributed by atoms with Crippen LogP contribution in [0.25, 0.3) is 0 Å². The molecule has 0 aliphatic carbocycles. The van der Waals surface area contributed by atoms with Gasteiger partial charge >= 0.3 is 5.97 Å². The van der Waals surface area contributed by atoms with Gasteiger partial charge in [0.05, 0.1) is 12.7 Å². The standard InChI is InChI=1S/C20H21NO6S/c1-14(22)15-5-8-17(9-6-15)27-20(23)16-7-10-18(26-2)19(13-16)28(24,25)21-11-3-4-12-21/h5-10,13H,3-4,11-12H2,1-2H3. The second-order valence-electron chi connectivity index (χ2n) is 6.45. The van der Waals surface area contributed by atoms with Gasteiger partial charge in [0.15, 0.2) is 5.78 Å². The first-order valence-corrected chi connectivity index (χ1v) is 10.3. The predicted octanol–water partition coefficient (Wildman–Crippen LogP) is 2.90. The summed E-state index contributed by atoms with van der Waals surface area (Å²) in [6.07, 6.45) is 1.61. The molecule has 0 bridgehead atoms. The summed E-state index contributed by atoms with van der Waals surface area (Å²) in [6, 6.07) is 10.3. The molecule has 0 atom stereocenters. The van der Waals surface area contributed by atoms with E-state index in [9.17, 15) is 18.0 Å². The molecule has 7 nitrogen and oxygen atoms in total. The van der Waals surface area contributed by atoms with Gasteiger partial charge in [-0.3, -0.25) is 4.79 Å². The molecule has 1 heterocycles. The lowest BCUT2D eigenvalue weighted by Gasteiger charge is -2.18. The van der Waals surface area contributed by atoms with E-state index in [2.05, 4.69) is 0 Å². The van der Waals surface area contributed by atoms with Crippen LogP contribution in [-0.2, 0) is 10.0 Å². The second kappa shape index (κ2) is 8.12. The summed E-state index contributed by atoms with van der Waals surface area (Å²) in [4.78, 5) is 23.8. The third-order valence-corrected chi connectivity index (χ3v) is 6.47. The first-order chi connectivity index (χ1) is 13.3. The molecule has 28 heavy (non-hydrogen) atoms. The van der Waals surface area contributed by atoms with Crippen molar-refractivity contribution in [1.82, 2.24) is 4.31 Å². The largest absolute Gasteiger partial charge is 0.495 e. The number of Topliss-reactive ketones (excluding diaryl/α,β-unsaturated/α-hetero) is 1. The van der Waals surface area contributed by atoms with E-state index in [0.717, 1.165) is 12.8 Å². The van der Waals surface area contributed by atoms with Crippen LogP contribution in [0, 0.1) is 0 Å². The lowest BCUT2D eigenvalue weighted by Crippen LogP contribution is -2.28. The molecule has 0 N–H and O–H groups in total. The van der Waals surface area contributed by atoms with E-state index in [1.165, 1.54) is 48.7 Å². The highest BCUT2D eigenvalue weighted by Gasteiger charge is 2.30. The van der Waals surface area contributed by atoms with Gasteiger partial charge in [-0.25, -0.2) is 13.2 Å². The molecule has 0 aromatic heterocycles. The molecule has 0 unspecified atom stereocenters. The van der Waals surface area contributed by atoms with Gasteiger partial charge in [-0.1, -0.05) is 0 Å². The number of esters is 1. The smallest absolute Gasteiger partial charge is 0.343 e. The molecular weight excluding hydrogens is 382 g/mol. The van der Waals surface area contributed by atoms with Crippen molar-refractivity contribution >= 4 is 21.8 Å². The highest BCUT2D eigenvalue weighted by Crippen LogP contribution is 2.30. The van der Waals surface area contributed by atoms with Gasteiger partial charge in [0, 0.05) is 18.7 Å². The Balaban J connectivity index is 1.87. The Kier molecular flexibility index (Phi) is 5.81. The summed E-state index contributed by atoms with van der Waals surface area (Å²) in [6.45, 7) is 2.34. The minimum Gasteiger partial charge on any atom is -0.495 e. The van der Waals surface area contributed by atoms with Gasteiger partial charge in [-0.2, -0.15) is 4.31 Å². The van der Waals surface area contributed by atoms with Gasteiger partial charge in [-0.15, -0.1) is 0 Å². The number of carbonyl (C=O) groups excluding carboxylic acids is 2. The number of benzene rings is 2. The maximum Gasteiger partial charge on any atom is 0.343 e. The average Bonchev–Trinajstić information content (AvgIpc) is 3.23. The number of rotatable bonds is 6. The lowest BCUT2D eigenvalue weighted by molar-refractivity contribution is 0.0734. The van der Waals surface area contributed by atoms with Gasteiger partial charge in [-0.05, 0) is 62.2 Å². The van der Waals surface area contributed by atoms with E-state index in [0.29, 0.717) is 18.7 Å². The molecule has 148 valence electrons. The van der Waals surface area contributed by atoms with E-state index in [-0.39, 0.29) is 27.7 Å². The summed E-state index contributed by atoms with van der Waals surface area (Å²) in [7, 11) is -2.38. The Labute approximate surface area is 163 Å². The molecule has 0 amide bonds. The van der Waals surface area contributed by atoms with Crippen molar-refractivity contribution in [2.75, 3.05) is 20.2 Å². The number of sulfonamides is 1. The fourth-order valence-electron chi connectivity index (χ4n) is 3.00. The predicted molar refractivity (Wildman–Crippen MR) is 102 cm³/mol. The number of nitrogens with zero attached hydrogens (tertiary/aromatic N) is 1. The van der Waals surface area contributed by atoms with Gasteiger partial charge in [0.2, 0.25) is 10.0 Å². The fourth-order valence-corrected chi connectivity index (χ4v) is 4.70. The average molecular weight is 403 g/mol.